The predicted molar refractivity (Wildman–Crippen MR) is 157 cm³/mol. The van der Waals surface area contributed by atoms with Gasteiger partial charge in [-0.05, 0) is 43.7 Å². The highest BCUT2D eigenvalue weighted by Crippen LogP contribution is 2.27. The molecule has 0 saturated carbocycles. The van der Waals surface area contributed by atoms with E-state index in [1.165, 1.54) is 5.56 Å². The van der Waals surface area contributed by atoms with Gasteiger partial charge in [0.15, 0.2) is 17.3 Å². The Hall–Kier alpha value is -4.35. The Morgan fingerprint density at radius 3 is 2.27 bits per heavy atom. The molecule has 0 bridgehead atoms. The van der Waals surface area contributed by atoms with Crippen LogP contribution in [0.5, 0.6) is 0 Å². The number of carbonyl (C=O) groups excluding carboxylic acids is 1. The standard InChI is InChI=1S/C29H36N10O/c1-5-24-28(36-29(26(34-24)27(30)40)33-23-17-32-38(4)18-23)35-25-11-10-22(16-31-25)21-8-6-20(7-9-21)19(2)39-14-12-37(3)13-15-39/h6-11,16-19H,5,12-15H2,1-4H3,(H2,30,40)(H2,31,33,35,36). The molecule has 1 aliphatic rings. The predicted octanol–water partition coefficient (Wildman–Crippen LogP) is 3.73. The highest BCUT2D eigenvalue weighted by atomic mass is 16.1. The number of hydrogen-bond acceptors (Lipinski definition) is 9. The molecule has 0 spiro atoms. The molecule has 1 unspecified atom stereocenters. The van der Waals surface area contributed by atoms with Crippen LogP contribution in [0.1, 0.15) is 41.6 Å². The van der Waals surface area contributed by atoms with Crippen LogP contribution in [0.3, 0.4) is 0 Å². The van der Waals surface area contributed by atoms with Crippen molar-refractivity contribution in [2.24, 2.45) is 12.8 Å². The van der Waals surface area contributed by atoms with Gasteiger partial charge in [0.2, 0.25) is 0 Å². The van der Waals surface area contributed by atoms with E-state index in [0.29, 0.717) is 35.5 Å². The summed E-state index contributed by atoms with van der Waals surface area (Å²) in [6.07, 6.45) is 5.80. The summed E-state index contributed by atoms with van der Waals surface area (Å²) in [5.41, 5.74) is 10.4. The topological polar surface area (TPSA) is 130 Å². The van der Waals surface area contributed by atoms with Crippen LogP contribution in [0.2, 0.25) is 0 Å². The quantitative estimate of drug-likeness (QED) is 0.291. The summed E-state index contributed by atoms with van der Waals surface area (Å²) in [7, 11) is 3.98. The molecule has 1 aromatic carbocycles. The smallest absolute Gasteiger partial charge is 0.271 e. The average Bonchev–Trinajstić information content (AvgIpc) is 3.38. The normalized spacial score (nSPS) is 15.1. The zero-order valence-corrected chi connectivity index (χ0v) is 23.4. The third-order valence-electron chi connectivity index (χ3n) is 7.33. The second-order valence-corrected chi connectivity index (χ2v) is 10.2. The van der Waals surface area contributed by atoms with E-state index in [0.717, 1.165) is 37.3 Å². The molecule has 11 nitrogen and oxygen atoms in total. The van der Waals surface area contributed by atoms with Gasteiger partial charge >= 0.3 is 0 Å². The lowest BCUT2D eigenvalue weighted by Gasteiger charge is -2.36. The zero-order chi connectivity index (χ0) is 28.2. The van der Waals surface area contributed by atoms with Gasteiger partial charge in [0.1, 0.15) is 5.82 Å². The van der Waals surface area contributed by atoms with Crippen LogP contribution in [0.15, 0.2) is 55.0 Å². The van der Waals surface area contributed by atoms with Gasteiger partial charge in [0.05, 0.1) is 17.6 Å². The molecule has 4 aromatic rings. The SMILES string of the molecule is CCc1nc(C(N)=O)c(Nc2cnn(C)c2)nc1Nc1ccc(-c2ccc(C(C)N3CCN(C)CC3)cc2)cn1. The number of amides is 1. The van der Waals surface area contributed by atoms with Crippen LogP contribution in [0.4, 0.5) is 23.1 Å². The second-order valence-electron chi connectivity index (χ2n) is 10.2. The monoisotopic (exact) mass is 540 g/mol. The van der Waals surface area contributed by atoms with Crippen molar-refractivity contribution in [2.75, 3.05) is 43.9 Å². The Bertz CT molecular complexity index is 1460. The van der Waals surface area contributed by atoms with Crippen molar-refractivity contribution < 1.29 is 4.79 Å². The lowest BCUT2D eigenvalue weighted by molar-refractivity contribution is 0.0996. The van der Waals surface area contributed by atoms with Crippen LogP contribution < -0.4 is 16.4 Å². The van der Waals surface area contributed by atoms with Gasteiger partial charge in [-0.3, -0.25) is 14.4 Å². The first-order chi connectivity index (χ1) is 19.3. The third-order valence-corrected chi connectivity index (χ3v) is 7.33. The number of pyridine rings is 1. The van der Waals surface area contributed by atoms with Gasteiger partial charge in [-0.25, -0.2) is 15.0 Å². The van der Waals surface area contributed by atoms with Crippen LogP contribution in [0.25, 0.3) is 11.1 Å². The van der Waals surface area contributed by atoms with Crippen molar-refractivity contribution in [3.05, 3.63) is 71.9 Å². The fourth-order valence-corrected chi connectivity index (χ4v) is 4.83. The minimum absolute atomic E-state index is 0.0694. The fourth-order valence-electron chi connectivity index (χ4n) is 4.83. The van der Waals surface area contributed by atoms with Crippen molar-refractivity contribution in [1.82, 2.24) is 34.5 Å². The number of piperazine rings is 1. The summed E-state index contributed by atoms with van der Waals surface area (Å²) < 4.78 is 1.65. The second kappa shape index (κ2) is 11.8. The number of anilines is 4. The van der Waals surface area contributed by atoms with Gasteiger partial charge in [-0.15, -0.1) is 0 Å². The van der Waals surface area contributed by atoms with E-state index in [1.54, 1.807) is 24.1 Å². The van der Waals surface area contributed by atoms with E-state index in [2.05, 4.69) is 78.7 Å². The number of hydrogen-bond donors (Lipinski definition) is 3. The maximum absolute atomic E-state index is 12.1. The molecule has 0 aliphatic carbocycles. The molecule has 40 heavy (non-hydrogen) atoms. The minimum Gasteiger partial charge on any atom is -0.364 e. The molecule has 3 aromatic heterocycles. The van der Waals surface area contributed by atoms with E-state index in [-0.39, 0.29) is 11.5 Å². The number of likely N-dealkylation sites (N-methyl/N-ethyl adjacent to an activating group) is 1. The molecule has 1 amide bonds. The van der Waals surface area contributed by atoms with E-state index in [1.807, 2.05) is 25.3 Å². The molecular formula is C29H36N10O. The highest BCUT2D eigenvalue weighted by molar-refractivity contribution is 5.96. The Kier molecular flexibility index (Phi) is 8.04. The fraction of sp³-hybridized carbons (Fsp3) is 0.345. The lowest BCUT2D eigenvalue weighted by Crippen LogP contribution is -2.45. The van der Waals surface area contributed by atoms with Gasteiger partial charge in [0, 0.05) is 57.2 Å². The first-order valence-electron chi connectivity index (χ1n) is 13.5. The molecule has 1 atom stereocenters. The van der Waals surface area contributed by atoms with Crippen molar-refractivity contribution in [2.45, 2.75) is 26.3 Å². The Morgan fingerprint density at radius 2 is 1.68 bits per heavy atom. The van der Waals surface area contributed by atoms with Gasteiger partial charge < -0.3 is 21.3 Å². The first-order valence-corrected chi connectivity index (χ1v) is 13.5. The third kappa shape index (κ3) is 6.11. The number of nitrogens with two attached hydrogens (primary N) is 1. The zero-order valence-electron chi connectivity index (χ0n) is 23.4. The van der Waals surface area contributed by atoms with Crippen molar-refractivity contribution >= 4 is 29.0 Å². The van der Waals surface area contributed by atoms with Crippen molar-refractivity contribution in [3.63, 3.8) is 0 Å². The molecular weight excluding hydrogens is 504 g/mol. The maximum atomic E-state index is 12.1. The molecule has 5 rings (SSSR count). The van der Waals surface area contributed by atoms with E-state index in [4.69, 9.17) is 5.73 Å². The van der Waals surface area contributed by atoms with Crippen LogP contribution in [0, 0.1) is 0 Å². The van der Waals surface area contributed by atoms with Crippen molar-refractivity contribution in [3.8, 4) is 11.1 Å². The van der Waals surface area contributed by atoms with E-state index < -0.39 is 5.91 Å². The van der Waals surface area contributed by atoms with Crippen LogP contribution >= 0.6 is 0 Å². The number of aryl methyl sites for hydroxylation is 2. The average molecular weight is 541 g/mol. The highest BCUT2D eigenvalue weighted by Gasteiger charge is 2.21. The molecule has 1 fully saturated rings. The Morgan fingerprint density at radius 1 is 0.950 bits per heavy atom. The molecule has 1 aliphatic heterocycles. The minimum atomic E-state index is -0.661. The van der Waals surface area contributed by atoms with Crippen molar-refractivity contribution in [1.29, 1.82) is 0 Å². The molecule has 0 radical (unpaired) electrons. The van der Waals surface area contributed by atoms with Gasteiger partial charge in [0.25, 0.3) is 5.91 Å². The summed E-state index contributed by atoms with van der Waals surface area (Å²) in [6, 6.07) is 13.1. The largest absolute Gasteiger partial charge is 0.364 e. The molecule has 11 heteroatoms. The van der Waals surface area contributed by atoms with E-state index >= 15 is 0 Å². The lowest BCUT2D eigenvalue weighted by atomic mass is 10.0. The molecule has 1 saturated heterocycles. The number of benzene rings is 1. The molecule has 4 N–H and O–H groups in total. The Balaban J connectivity index is 1.32. The molecule has 4 heterocycles. The number of nitrogens with zero attached hydrogens (tertiary/aromatic N) is 7. The number of aromatic nitrogens is 5. The maximum Gasteiger partial charge on any atom is 0.271 e. The summed E-state index contributed by atoms with van der Waals surface area (Å²) in [4.78, 5) is 30.8. The summed E-state index contributed by atoms with van der Waals surface area (Å²) >= 11 is 0. The number of nitrogens with one attached hydrogen (secondary N) is 2. The Labute approximate surface area is 234 Å². The van der Waals surface area contributed by atoms with Gasteiger partial charge in [-0.2, -0.15) is 5.10 Å². The van der Waals surface area contributed by atoms with Crippen LogP contribution in [-0.4, -0.2) is 73.7 Å². The van der Waals surface area contributed by atoms with Crippen LogP contribution in [-0.2, 0) is 13.5 Å². The summed E-state index contributed by atoms with van der Waals surface area (Å²) in [6.45, 7) is 8.62. The number of carbonyl (C=O) groups is 1. The summed E-state index contributed by atoms with van der Waals surface area (Å²) in [5.74, 6) is 0.711. The number of primary amides is 1. The van der Waals surface area contributed by atoms with Gasteiger partial charge in [-0.1, -0.05) is 31.2 Å². The molecule has 208 valence electrons. The number of rotatable bonds is 9. The summed E-state index contributed by atoms with van der Waals surface area (Å²) in [5, 5.41) is 10.5. The first kappa shape index (κ1) is 27.2. The van der Waals surface area contributed by atoms with E-state index in [9.17, 15) is 4.79 Å².